The lowest BCUT2D eigenvalue weighted by Crippen LogP contribution is -2.74. The molecule has 0 radical (unpaired) electrons. The Labute approximate surface area is 209 Å². The summed E-state index contributed by atoms with van der Waals surface area (Å²) in [6, 6.07) is 0. The standard InChI is InChI=1S/C28H32O8/c1-7-9-11-13-15(29)17-19-23(3)22(32)18(16(30)14-12-10-8-2)20-24(4,21(17)31)28(34)25(19,5)35-27(23,33)26(20,6)36-28/h7-14,19-20,29-30,33-34H,1-6H3. The number of ether oxygens (including phenoxy) is 2. The van der Waals surface area contributed by atoms with Gasteiger partial charge in [0.2, 0.25) is 11.6 Å². The molecule has 5 fully saturated rings. The molecule has 2 saturated heterocycles. The largest absolute Gasteiger partial charge is 0.508 e. The zero-order valence-electron chi connectivity index (χ0n) is 21.2. The van der Waals surface area contributed by atoms with Crippen molar-refractivity contribution in [1.29, 1.82) is 0 Å². The van der Waals surface area contributed by atoms with E-state index in [1.165, 1.54) is 39.8 Å². The van der Waals surface area contributed by atoms with Crippen LogP contribution in [0.1, 0.15) is 41.5 Å². The summed E-state index contributed by atoms with van der Waals surface area (Å²) in [6.07, 6.45) is 12.6. The van der Waals surface area contributed by atoms with Crippen LogP contribution in [0, 0.1) is 22.7 Å². The van der Waals surface area contributed by atoms with E-state index in [0.29, 0.717) is 0 Å². The minimum Gasteiger partial charge on any atom is -0.508 e. The molecule has 8 bridgehead atoms. The lowest BCUT2D eigenvalue weighted by atomic mass is 9.39. The molecule has 5 rings (SSSR count). The van der Waals surface area contributed by atoms with Gasteiger partial charge in [-0.25, -0.2) is 0 Å². The molecule has 8 nitrogen and oxygen atoms in total. The van der Waals surface area contributed by atoms with E-state index in [9.17, 15) is 30.0 Å². The van der Waals surface area contributed by atoms with Crippen LogP contribution < -0.4 is 0 Å². The summed E-state index contributed by atoms with van der Waals surface area (Å²) in [6.45, 7) is 9.48. The maximum absolute atomic E-state index is 14.3. The van der Waals surface area contributed by atoms with Crippen molar-refractivity contribution < 1.29 is 39.5 Å². The highest BCUT2D eigenvalue weighted by molar-refractivity contribution is 6.13. The second-order valence-corrected chi connectivity index (χ2v) is 11.0. The Morgan fingerprint density at radius 1 is 0.694 bits per heavy atom. The molecule has 0 aromatic rings. The Kier molecular flexibility index (Phi) is 4.81. The second-order valence-electron chi connectivity index (χ2n) is 11.0. The van der Waals surface area contributed by atoms with Gasteiger partial charge in [0.25, 0.3) is 0 Å². The number of hydrogen-bond acceptors (Lipinski definition) is 8. The van der Waals surface area contributed by atoms with E-state index in [-0.39, 0.29) is 22.7 Å². The summed E-state index contributed by atoms with van der Waals surface area (Å²) in [5.74, 6) is -9.12. The predicted octanol–water partition coefficient (Wildman–Crippen LogP) is 3.25. The number of allylic oxidation sites excluding steroid dienone is 8. The Bertz CT molecular complexity index is 1190. The summed E-state index contributed by atoms with van der Waals surface area (Å²) < 4.78 is 12.5. The number of rotatable bonds is 4. The number of aliphatic hydroxyl groups excluding tert-OH is 2. The zero-order chi connectivity index (χ0) is 26.7. The monoisotopic (exact) mass is 496 g/mol. The molecule has 8 atom stereocenters. The van der Waals surface area contributed by atoms with Crippen LogP contribution >= 0.6 is 0 Å². The van der Waals surface area contributed by atoms with Crippen LogP contribution in [-0.4, -0.2) is 54.8 Å². The van der Waals surface area contributed by atoms with Gasteiger partial charge < -0.3 is 29.9 Å². The lowest BCUT2D eigenvalue weighted by Gasteiger charge is -2.58. The lowest BCUT2D eigenvalue weighted by molar-refractivity contribution is -0.450. The molecule has 4 N–H and O–H groups in total. The minimum absolute atomic E-state index is 0.113. The van der Waals surface area contributed by atoms with Crippen molar-refractivity contribution in [2.24, 2.45) is 22.7 Å². The Balaban J connectivity index is 1.93. The first-order valence-electron chi connectivity index (χ1n) is 12.1. The van der Waals surface area contributed by atoms with Crippen molar-refractivity contribution in [2.75, 3.05) is 0 Å². The molecule has 3 saturated carbocycles. The number of ketones is 2. The van der Waals surface area contributed by atoms with Gasteiger partial charge in [-0.3, -0.25) is 9.59 Å². The predicted molar refractivity (Wildman–Crippen MR) is 129 cm³/mol. The third-order valence-electron chi connectivity index (χ3n) is 9.41. The summed E-state index contributed by atoms with van der Waals surface area (Å²) in [7, 11) is 0. The van der Waals surface area contributed by atoms with Gasteiger partial charge in [-0.1, -0.05) is 36.5 Å². The summed E-state index contributed by atoms with van der Waals surface area (Å²) in [4.78, 5) is 28.7. The third kappa shape index (κ3) is 2.15. The van der Waals surface area contributed by atoms with Gasteiger partial charge in [0.1, 0.15) is 22.7 Å². The molecular weight excluding hydrogens is 464 g/mol. The average molecular weight is 497 g/mol. The first kappa shape index (κ1) is 24.9. The van der Waals surface area contributed by atoms with Gasteiger partial charge in [0.05, 0.1) is 10.8 Å². The fourth-order valence-electron chi connectivity index (χ4n) is 7.94. The summed E-state index contributed by atoms with van der Waals surface area (Å²) in [5, 5.41) is 46.6. The van der Waals surface area contributed by atoms with Gasteiger partial charge in [0, 0.05) is 23.0 Å². The number of carbonyl (C=O) groups excluding carboxylic acids is 2. The minimum atomic E-state index is -2.26. The number of aliphatic hydroxyl groups is 4. The zero-order valence-corrected chi connectivity index (χ0v) is 21.2. The normalized spacial score (nSPS) is 51.8. The van der Waals surface area contributed by atoms with Crippen LogP contribution in [-0.2, 0) is 19.1 Å². The Morgan fingerprint density at radius 2 is 1.03 bits per heavy atom. The molecule has 36 heavy (non-hydrogen) atoms. The highest BCUT2D eigenvalue weighted by atomic mass is 16.8. The van der Waals surface area contributed by atoms with Crippen molar-refractivity contribution in [3.8, 4) is 0 Å². The van der Waals surface area contributed by atoms with E-state index in [1.54, 1.807) is 50.3 Å². The first-order chi connectivity index (χ1) is 16.7. The fourth-order valence-corrected chi connectivity index (χ4v) is 7.94. The Hall–Kier alpha value is -2.78. The molecule has 0 spiro atoms. The van der Waals surface area contributed by atoms with Crippen LogP contribution in [0.2, 0.25) is 0 Å². The molecule has 8 heteroatoms. The van der Waals surface area contributed by atoms with Gasteiger partial charge in [-0.05, 0) is 53.7 Å². The van der Waals surface area contributed by atoms with E-state index < -0.39 is 57.0 Å². The van der Waals surface area contributed by atoms with Crippen molar-refractivity contribution in [1.82, 2.24) is 0 Å². The molecule has 2 heterocycles. The molecule has 8 unspecified atom stereocenters. The van der Waals surface area contributed by atoms with E-state index in [1.807, 2.05) is 0 Å². The van der Waals surface area contributed by atoms with Gasteiger partial charge in [0.15, 0.2) is 11.6 Å². The van der Waals surface area contributed by atoms with E-state index in [4.69, 9.17) is 9.47 Å². The SMILES string of the molecule is CC=CC=CC(O)=C1C(=O)C2(C)C3C(=C(O)C=CC=CC)C(=O)C4(C)C1C1(C)OC4(O)C3(C)OC12O. The van der Waals surface area contributed by atoms with E-state index in [2.05, 4.69) is 0 Å². The maximum atomic E-state index is 14.3. The highest BCUT2D eigenvalue weighted by Crippen LogP contribution is 2.83. The molecule has 192 valence electrons. The summed E-state index contributed by atoms with van der Waals surface area (Å²) >= 11 is 0. The van der Waals surface area contributed by atoms with Gasteiger partial charge in [-0.2, -0.15) is 0 Å². The number of carbonyl (C=O) groups is 2. The first-order valence-corrected chi connectivity index (χ1v) is 12.1. The fraction of sp³-hybridized carbons (Fsp3) is 0.500. The maximum Gasteiger partial charge on any atom is 0.210 e. The molecular formula is C28H32O8. The van der Waals surface area contributed by atoms with E-state index in [0.717, 1.165) is 0 Å². The molecule has 0 amide bonds. The number of Topliss-reactive ketones (excluding diaryl/α,β-unsaturated/α-hetero) is 2. The summed E-state index contributed by atoms with van der Waals surface area (Å²) in [5.41, 5.74) is -7.52. The van der Waals surface area contributed by atoms with Crippen molar-refractivity contribution >= 4 is 11.6 Å². The van der Waals surface area contributed by atoms with Gasteiger partial charge in [-0.15, -0.1) is 0 Å². The Morgan fingerprint density at radius 3 is 1.33 bits per heavy atom. The van der Waals surface area contributed by atoms with Crippen molar-refractivity contribution in [3.63, 3.8) is 0 Å². The van der Waals surface area contributed by atoms with Gasteiger partial charge >= 0.3 is 0 Å². The van der Waals surface area contributed by atoms with Crippen LogP contribution in [0.4, 0.5) is 0 Å². The number of hydrogen-bond donors (Lipinski definition) is 4. The van der Waals surface area contributed by atoms with Crippen LogP contribution in [0.3, 0.4) is 0 Å². The van der Waals surface area contributed by atoms with Crippen LogP contribution in [0.25, 0.3) is 0 Å². The molecule has 0 aromatic heterocycles. The quantitative estimate of drug-likeness (QED) is 0.265. The highest BCUT2D eigenvalue weighted by Gasteiger charge is 2.99. The smallest absolute Gasteiger partial charge is 0.210 e. The molecule has 5 aliphatic rings. The average Bonchev–Trinajstić information content (AvgIpc) is 3.12. The molecule has 0 aromatic carbocycles. The topological polar surface area (TPSA) is 134 Å². The van der Waals surface area contributed by atoms with Crippen molar-refractivity contribution in [3.05, 3.63) is 71.3 Å². The molecule has 3 aliphatic carbocycles. The van der Waals surface area contributed by atoms with Crippen LogP contribution in [0.5, 0.6) is 0 Å². The second kappa shape index (κ2) is 6.95. The third-order valence-corrected chi connectivity index (χ3v) is 9.41. The van der Waals surface area contributed by atoms with Crippen LogP contribution in [0.15, 0.2) is 71.3 Å². The molecule has 2 aliphatic heterocycles. The van der Waals surface area contributed by atoms with E-state index >= 15 is 0 Å². The van der Waals surface area contributed by atoms with Crippen molar-refractivity contribution in [2.45, 2.75) is 64.3 Å².